The molecule has 108 heavy (non-hydrogen) atoms. The quantitative estimate of drug-likeness (QED) is 0.00229. The van der Waals surface area contributed by atoms with Crippen LogP contribution in [0.15, 0.2) is 94.4 Å². The number of unbranched alkanes of at least 4 members (excludes halogenated alkanes) is 3. The lowest BCUT2D eigenvalue weighted by Crippen LogP contribution is -2.30. The number of aromatic amines is 1. The molecular formula is C68H98N8O24P3S5+. The third-order valence-electron chi connectivity index (χ3n) is 17.2. The molecule has 40 heteroatoms. The van der Waals surface area contributed by atoms with E-state index in [1.165, 1.54) is 44.6 Å². The fourth-order valence-corrected chi connectivity index (χ4v) is 18.4. The number of anilines is 2. The lowest BCUT2D eigenvalue weighted by atomic mass is 9.81. The van der Waals surface area contributed by atoms with E-state index >= 15 is 0 Å². The summed E-state index contributed by atoms with van der Waals surface area (Å²) in [4.78, 5) is 97.0. The maximum Gasteiger partial charge on any atom is 0.490 e. The van der Waals surface area contributed by atoms with Crippen LogP contribution in [0.4, 0.5) is 22.1 Å². The number of allylic oxidation sites excluding steroid dienone is 6. The number of phosphoric ester groups is 1. The molecule has 2 aromatic carbocycles. The summed E-state index contributed by atoms with van der Waals surface area (Å²) in [5, 5.41) is 5.61. The number of phosphoric acid groups is 3. The summed E-state index contributed by atoms with van der Waals surface area (Å²) in [6.45, 7) is 18.0. The number of hydrogen-bond acceptors (Lipinski definition) is 25. The number of fused-ring (bicyclic) bond motifs is 3. The Morgan fingerprint density at radius 3 is 2.32 bits per heavy atom. The predicted octanol–water partition coefficient (Wildman–Crippen LogP) is 9.54. The summed E-state index contributed by atoms with van der Waals surface area (Å²) in [5.41, 5.74) is 11.2. The number of nitrogens with two attached hydrogens (primary N) is 1. The van der Waals surface area contributed by atoms with Crippen LogP contribution in [0.5, 0.6) is 0 Å². The fourth-order valence-electron chi connectivity index (χ4n) is 12.0. The van der Waals surface area contributed by atoms with Gasteiger partial charge in [-0.05, 0) is 114 Å². The van der Waals surface area contributed by atoms with Gasteiger partial charge in [-0.3, -0.25) is 28.4 Å². The molecule has 7 rings (SSSR count). The van der Waals surface area contributed by atoms with Crippen molar-refractivity contribution >= 4 is 128 Å². The Hall–Kier alpha value is -5.49. The van der Waals surface area contributed by atoms with Crippen molar-refractivity contribution < 1.29 is 112 Å². The number of H-pyrrole nitrogens is 1. The number of para-hydroxylation sites is 1. The van der Waals surface area contributed by atoms with Gasteiger partial charge in [0.1, 0.15) is 24.8 Å². The minimum absolute atomic E-state index is 0.0161. The van der Waals surface area contributed by atoms with E-state index < -0.39 is 91.1 Å². The molecular weight excluding hydrogens is 1570 g/mol. The highest BCUT2D eigenvalue weighted by atomic mass is 33.1. The number of nitrogens with one attached hydrogen (secondary N) is 3. The summed E-state index contributed by atoms with van der Waals surface area (Å²) >= 11 is 5.23. The maximum atomic E-state index is 13.2. The third kappa shape index (κ3) is 27.7. The van der Waals surface area contributed by atoms with Gasteiger partial charge in [-0.25, -0.2) is 18.5 Å². The highest BCUT2D eigenvalue weighted by Gasteiger charge is 2.47. The third-order valence-corrected chi connectivity index (χ3v) is 25.6. The number of ether oxygens (including phenoxy) is 7. The molecule has 2 aromatic heterocycles. The first-order valence-corrected chi connectivity index (χ1v) is 45.7. The molecule has 2 amide bonds. The number of aromatic nitrogens is 3. The highest BCUT2D eigenvalue weighted by molar-refractivity contribution is 8.77. The Bertz CT molecular complexity index is 4340. The van der Waals surface area contributed by atoms with Gasteiger partial charge in [0.25, 0.3) is 15.7 Å². The molecule has 1 fully saturated rings. The van der Waals surface area contributed by atoms with Crippen molar-refractivity contribution in [2.24, 2.45) is 0 Å². The van der Waals surface area contributed by atoms with Crippen molar-refractivity contribution in [2.75, 3.05) is 108 Å². The van der Waals surface area contributed by atoms with Crippen LogP contribution in [0.25, 0.3) is 11.0 Å². The molecule has 3 aliphatic rings. The van der Waals surface area contributed by atoms with Crippen molar-refractivity contribution in [3.8, 4) is 11.8 Å². The monoisotopic (exact) mass is 1660 g/mol. The zero-order chi connectivity index (χ0) is 79.1. The lowest BCUT2D eigenvalue weighted by Gasteiger charge is -2.25. The number of hydrogen-bond donors (Lipinski definition) is 9. The molecule has 598 valence electrons. The molecule has 6 atom stereocenters. The molecule has 0 saturated carbocycles. The van der Waals surface area contributed by atoms with Crippen LogP contribution >= 0.6 is 45.1 Å². The molecule has 4 aromatic rings. The van der Waals surface area contributed by atoms with E-state index in [-0.39, 0.29) is 95.1 Å². The van der Waals surface area contributed by atoms with Crippen LogP contribution in [-0.4, -0.2) is 189 Å². The van der Waals surface area contributed by atoms with E-state index in [0.29, 0.717) is 77.6 Å². The number of esters is 1. The van der Waals surface area contributed by atoms with E-state index in [4.69, 9.17) is 64.4 Å². The highest BCUT2D eigenvalue weighted by Crippen LogP contribution is 2.66. The SMILES string of the molecule is CCN1\C(=C/C=C/C=C/C2=[N+](CCCCCC(=O)NCCOCCOCCNC(=O)OCCC(C)(C)SSCOCCCCOC(=O)CCC#Cc3cn([C@H]4CC(OCS(C)=S)[C@@H](COP(=O)(O)OP(=O)(O)OP(=O)(O)O)O4)c4nc(N)[nH]c(=O)c34)c3ccc(S(=O)(=O)O)cc3C2(C)C)C(C)(C)c2ccccc21. The minimum atomic E-state index is -5.80. The summed E-state index contributed by atoms with van der Waals surface area (Å²) in [6.07, 6.45) is 14.2. The standard InChI is InChI=1S/C68H97N8O24P3S5/c1-9-74-52-24-17-16-23-50(52)67(4,5)56(74)25-12-10-13-26-57-68(6,7)51-42-49(108(88,89)90)29-30-53(51)75(57)34-19-11-14-27-58(77)70-32-38-91-40-41-92-39-33-71-65(80)95-37-31-66(2,3)106-105-46-93-35-20-21-36-94-60(78)28-18-15-22-48-44-76(62-61(48)63(79)73-64(69)72-62)59-43-54(96-47-107(8)104)55(98-59)45-97-102(84,85)100-103(86,87)99-101(81,82)83/h10,12-13,16-17,23-26,29-30,42,44,54-55,59H,9,11,14,18-21,27-28,31-41,43,45-47H2,1-8H3,(H9-,69,70,71,72,73,77,79,80,81,82,83,84,85,86,87,88,89,90)/p+1/t54?,55-,59-,107?/m1/s1. The predicted molar refractivity (Wildman–Crippen MR) is 415 cm³/mol. The molecule has 3 aliphatic heterocycles. The first-order chi connectivity index (χ1) is 50.9. The van der Waals surface area contributed by atoms with E-state index in [2.05, 4.69) is 114 Å². The number of nitrogen functional groups attached to an aromatic ring is 1. The van der Waals surface area contributed by atoms with Crippen molar-refractivity contribution in [1.29, 1.82) is 0 Å². The van der Waals surface area contributed by atoms with Crippen LogP contribution < -0.4 is 26.8 Å². The van der Waals surface area contributed by atoms with Crippen molar-refractivity contribution in [2.45, 2.75) is 152 Å². The van der Waals surface area contributed by atoms with Gasteiger partial charge >= 0.3 is 35.5 Å². The number of benzene rings is 2. The Morgan fingerprint density at radius 1 is 0.889 bits per heavy atom. The van der Waals surface area contributed by atoms with E-state index in [1.54, 1.807) is 29.2 Å². The molecule has 0 radical (unpaired) electrons. The first kappa shape index (κ1) is 89.7. The molecule has 0 bridgehead atoms. The normalized spacial score (nSPS) is 18.8. The summed E-state index contributed by atoms with van der Waals surface area (Å²) in [7, 11) is -18.9. The number of carbonyl (C=O) groups excluding carboxylic acids is 3. The second-order valence-electron chi connectivity index (χ2n) is 26.7. The van der Waals surface area contributed by atoms with Crippen molar-refractivity contribution in [3.05, 3.63) is 112 Å². The summed E-state index contributed by atoms with van der Waals surface area (Å²) in [6, 6.07) is 13.2. The maximum absolute atomic E-state index is 13.2. The molecule has 0 spiro atoms. The van der Waals surface area contributed by atoms with Crippen molar-refractivity contribution in [3.63, 3.8) is 0 Å². The summed E-state index contributed by atoms with van der Waals surface area (Å²) in [5.74, 6) is 5.39. The number of likely N-dealkylation sites (N-methyl/N-ethyl adjacent to an activating group) is 1. The second-order valence-corrected chi connectivity index (χ2v) is 38.5. The van der Waals surface area contributed by atoms with E-state index in [9.17, 15) is 55.6 Å². The molecule has 1 saturated heterocycles. The van der Waals surface area contributed by atoms with Gasteiger partial charge in [0.15, 0.2) is 11.4 Å². The summed E-state index contributed by atoms with van der Waals surface area (Å²) < 4.78 is 125. The number of alkyl carbamates (subject to hydrolysis) is 1. The molecule has 4 unspecified atom stereocenters. The van der Waals surface area contributed by atoms with E-state index in [1.807, 2.05) is 39.8 Å². The van der Waals surface area contributed by atoms with Gasteiger partial charge in [0.05, 0.1) is 86.0 Å². The minimum Gasteiger partial charge on any atom is -0.466 e. The van der Waals surface area contributed by atoms with Crippen LogP contribution in [0.3, 0.4) is 0 Å². The van der Waals surface area contributed by atoms with Gasteiger partial charge in [-0.1, -0.05) is 93.2 Å². The van der Waals surface area contributed by atoms with Gasteiger partial charge in [0, 0.05) is 97.4 Å². The van der Waals surface area contributed by atoms with Gasteiger partial charge in [-0.15, -0.1) is 0 Å². The molecule has 5 heterocycles. The molecule has 10 N–H and O–H groups in total. The zero-order valence-corrected chi connectivity index (χ0v) is 68.2. The second kappa shape index (κ2) is 41.3. The number of rotatable bonds is 45. The Balaban J connectivity index is 0.692. The zero-order valence-electron chi connectivity index (χ0n) is 61.5. The average molecular weight is 1660 g/mol. The first-order valence-electron chi connectivity index (χ1n) is 34.7. The van der Waals surface area contributed by atoms with Gasteiger partial charge < -0.3 is 78.6 Å². The van der Waals surface area contributed by atoms with Crippen LogP contribution in [0, 0.1) is 11.8 Å². The topological polar surface area (TPSA) is 437 Å². The lowest BCUT2D eigenvalue weighted by molar-refractivity contribution is -0.438. The molecule has 0 aliphatic carbocycles. The van der Waals surface area contributed by atoms with Crippen LogP contribution in [0.1, 0.15) is 136 Å². The van der Waals surface area contributed by atoms with Gasteiger partial charge in [0.2, 0.25) is 17.5 Å². The Labute approximate surface area is 643 Å². The largest absolute Gasteiger partial charge is 0.490 e. The van der Waals surface area contributed by atoms with Crippen molar-refractivity contribution in [1.82, 2.24) is 25.2 Å². The van der Waals surface area contributed by atoms with Crippen LogP contribution in [0.2, 0.25) is 0 Å². The average Bonchev–Trinajstić information content (AvgIpc) is 1.60. The fraction of sp³-hybridized carbons (Fsp3) is 0.559. The number of carbonyl (C=O) groups is 3. The van der Waals surface area contributed by atoms with E-state index in [0.717, 1.165) is 36.3 Å². The van der Waals surface area contributed by atoms with Gasteiger partial charge in [-0.2, -0.15) is 26.6 Å². The number of amides is 2. The molecule has 32 nitrogen and oxygen atoms in total. The van der Waals surface area contributed by atoms with Crippen LogP contribution in [-0.2, 0) is 111 Å². The Kier molecular flexibility index (Phi) is 34.3. The Morgan fingerprint density at radius 2 is 1.61 bits per heavy atom. The number of nitrogens with zero attached hydrogens (tertiary/aromatic N) is 4. The smallest absolute Gasteiger partial charge is 0.466 e.